The highest BCUT2D eigenvalue weighted by Gasteiger charge is 2.39. The highest BCUT2D eigenvalue weighted by molar-refractivity contribution is 7.12. The standard InChI is InChI=1S/C17H18N2OS/c1-2-6-17-19-14(12-7-3-4-8-15(12)20-17)11-13(18-19)16-9-5-10-21-16/h3-5,7-10,14,17H,2,6,11H2,1H3/t14-,17-/m1/s1. The minimum Gasteiger partial charge on any atom is -0.469 e. The van der Waals surface area contributed by atoms with Crippen LogP contribution in [-0.2, 0) is 0 Å². The van der Waals surface area contributed by atoms with Gasteiger partial charge in [-0.3, -0.25) is 5.01 Å². The normalized spacial score (nSPS) is 23.3. The van der Waals surface area contributed by atoms with E-state index in [9.17, 15) is 0 Å². The molecular formula is C17H18N2OS. The van der Waals surface area contributed by atoms with Gasteiger partial charge in [-0.1, -0.05) is 37.6 Å². The minimum atomic E-state index is 0.0624. The Morgan fingerprint density at radius 1 is 1.29 bits per heavy atom. The molecule has 0 bridgehead atoms. The second kappa shape index (κ2) is 5.19. The molecule has 4 heteroatoms. The third kappa shape index (κ3) is 2.14. The number of nitrogens with zero attached hydrogens (tertiary/aromatic N) is 2. The van der Waals surface area contributed by atoms with E-state index < -0.39 is 0 Å². The van der Waals surface area contributed by atoms with Gasteiger partial charge in [0, 0.05) is 18.4 Å². The molecule has 0 spiro atoms. The molecule has 3 nitrogen and oxygen atoms in total. The van der Waals surface area contributed by atoms with Gasteiger partial charge in [-0.05, 0) is 17.5 Å². The van der Waals surface area contributed by atoms with E-state index >= 15 is 0 Å². The van der Waals surface area contributed by atoms with Crippen LogP contribution >= 0.6 is 11.3 Å². The summed E-state index contributed by atoms with van der Waals surface area (Å²) in [6, 6.07) is 13.0. The van der Waals surface area contributed by atoms with Crippen LogP contribution in [0.2, 0.25) is 0 Å². The van der Waals surface area contributed by atoms with Crippen LogP contribution in [0.4, 0.5) is 0 Å². The Bertz CT molecular complexity index is 665. The minimum absolute atomic E-state index is 0.0624. The molecule has 4 rings (SSSR count). The summed E-state index contributed by atoms with van der Waals surface area (Å²) < 4.78 is 6.17. The zero-order valence-electron chi connectivity index (χ0n) is 12.0. The molecule has 3 heterocycles. The number of ether oxygens (including phenoxy) is 1. The lowest BCUT2D eigenvalue weighted by Gasteiger charge is -2.38. The van der Waals surface area contributed by atoms with Gasteiger partial charge < -0.3 is 4.74 Å². The fourth-order valence-corrected chi connectivity index (χ4v) is 3.86. The summed E-state index contributed by atoms with van der Waals surface area (Å²) in [5, 5.41) is 9.18. The molecule has 0 saturated carbocycles. The lowest BCUT2D eigenvalue weighted by Crippen LogP contribution is -2.40. The van der Waals surface area contributed by atoms with Crippen molar-refractivity contribution in [1.82, 2.24) is 5.01 Å². The Labute approximate surface area is 128 Å². The van der Waals surface area contributed by atoms with Crippen molar-refractivity contribution in [3.05, 3.63) is 52.2 Å². The number of hydrogen-bond donors (Lipinski definition) is 0. The maximum Gasteiger partial charge on any atom is 0.187 e. The van der Waals surface area contributed by atoms with Crippen molar-refractivity contribution in [2.45, 2.75) is 38.5 Å². The summed E-state index contributed by atoms with van der Waals surface area (Å²) in [4.78, 5) is 1.28. The molecule has 0 aliphatic carbocycles. The van der Waals surface area contributed by atoms with Crippen molar-refractivity contribution in [3.63, 3.8) is 0 Å². The molecular weight excluding hydrogens is 280 g/mol. The third-order valence-corrected chi connectivity index (χ3v) is 5.04. The van der Waals surface area contributed by atoms with Crippen LogP contribution in [0.5, 0.6) is 5.75 Å². The van der Waals surface area contributed by atoms with E-state index in [4.69, 9.17) is 9.84 Å². The lowest BCUT2D eigenvalue weighted by atomic mass is 9.98. The molecule has 2 aliphatic heterocycles. The van der Waals surface area contributed by atoms with Gasteiger partial charge in [0.05, 0.1) is 16.6 Å². The van der Waals surface area contributed by atoms with E-state index in [1.54, 1.807) is 11.3 Å². The number of thiophene rings is 1. The first-order chi connectivity index (χ1) is 10.4. The Hall–Kier alpha value is -1.81. The Morgan fingerprint density at radius 2 is 2.19 bits per heavy atom. The van der Waals surface area contributed by atoms with Crippen molar-refractivity contribution >= 4 is 17.0 Å². The molecule has 0 amide bonds. The molecule has 2 aromatic rings. The van der Waals surface area contributed by atoms with Crippen molar-refractivity contribution in [1.29, 1.82) is 0 Å². The molecule has 0 radical (unpaired) electrons. The maximum atomic E-state index is 6.17. The molecule has 0 saturated heterocycles. The second-order valence-corrected chi connectivity index (χ2v) is 6.47. The van der Waals surface area contributed by atoms with Crippen LogP contribution in [0.3, 0.4) is 0 Å². The molecule has 21 heavy (non-hydrogen) atoms. The molecule has 0 unspecified atom stereocenters. The van der Waals surface area contributed by atoms with Gasteiger partial charge in [0.25, 0.3) is 0 Å². The Balaban J connectivity index is 1.73. The van der Waals surface area contributed by atoms with E-state index in [0.29, 0.717) is 6.04 Å². The van der Waals surface area contributed by atoms with Gasteiger partial charge in [0.2, 0.25) is 0 Å². The van der Waals surface area contributed by atoms with Gasteiger partial charge in [-0.25, -0.2) is 0 Å². The van der Waals surface area contributed by atoms with E-state index in [-0.39, 0.29) is 6.23 Å². The molecule has 0 fully saturated rings. The summed E-state index contributed by atoms with van der Waals surface area (Å²) in [5.74, 6) is 1.03. The molecule has 108 valence electrons. The molecule has 0 N–H and O–H groups in total. The van der Waals surface area contributed by atoms with Crippen LogP contribution < -0.4 is 4.74 Å². The second-order valence-electron chi connectivity index (χ2n) is 5.52. The smallest absolute Gasteiger partial charge is 0.187 e. The zero-order valence-corrected chi connectivity index (χ0v) is 12.8. The third-order valence-electron chi connectivity index (χ3n) is 4.12. The summed E-state index contributed by atoms with van der Waals surface area (Å²) in [6.45, 7) is 2.19. The van der Waals surface area contributed by atoms with Crippen molar-refractivity contribution in [3.8, 4) is 5.75 Å². The van der Waals surface area contributed by atoms with Crippen LogP contribution in [-0.4, -0.2) is 16.9 Å². The average Bonchev–Trinajstić information content (AvgIpc) is 3.17. The molecule has 1 aromatic heterocycles. The summed E-state index contributed by atoms with van der Waals surface area (Å²) in [6.07, 6.45) is 3.14. The van der Waals surface area contributed by atoms with Crippen LogP contribution in [0.15, 0.2) is 46.9 Å². The number of benzene rings is 1. The van der Waals surface area contributed by atoms with Crippen LogP contribution in [0.25, 0.3) is 0 Å². The van der Waals surface area contributed by atoms with Crippen LogP contribution in [0, 0.1) is 0 Å². The summed E-state index contributed by atoms with van der Waals surface area (Å²) >= 11 is 1.76. The molecule has 2 atom stereocenters. The maximum absolute atomic E-state index is 6.17. The first kappa shape index (κ1) is 12.9. The summed E-state index contributed by atoms with van der Waals surface area (Å²) in [7, 11) is 0. The average molecular weight is 298 g/mol. The van der Waals surface area contributed by atoms with E-state index in [1.807, 2.05) is 6.07 Å². The van der Waals surface area contributed by atoms with Gasteiger partial charge >= 0.3 is 0 Å². The largest absolute Gasteiger partial charge is 0.469 e. The SMILES string of the molecule is CCC[C@H]1Oc2ccccc2[C@H]2CC(c3cccs3)=NN21. The first-order valence-electron chi connectivity index (χ1n) is 7.52. The van der Waals surface area contributed by atoms with Crippen molar-refractivity contribution < 1.29 is 4.74 Å². The number of hydrogen-bond acceptors (Lipinski definition) is 4. The van der Waals surface area contributed by atoms with Gasteiger partial charge in [0.15, 0.2) is 6.23 Å². The number of fused-ring (bicyclic) bond motifs is 3. The van der Waals surface area contributed by atoms with Gasteiger partial charge in [-0.2, -0.15) is 5.10 Å². The molecule has 1 aromatic carbocycles. The lowest BCUT2D eigenvalue weighted by molar-refractivity contribution is -0.0223. The predicted molar refractivity (Wildman–Crippen MR) is 85.8 cm³/mol. The van der Waals surface area contributed by atoms with Crippen molar-refractivity contribution in [2.24, 2.45) is 5.10 Å². The van der Waals surface area contributed by atoms with E-state index in [0.717, 1.165) is 25.0 Å². The van der Waals surface area contributed by atoms with E-state index in [2.05, 4.69) is 47.6 Å². The highest BCUT2D eigenvalue weighted by atomic mass is 32.1. The predicted octanol–water partition coefficient (Wildman–Crippen LogP) is 4.42. The summed E-state index contributed by atoms with van der Waals surface area (Å²) in [5.41, 5.74) is 2.46. The van der Waals surface area contributed by atoms with Gasteiger partial charge in [-0.15, -0.1) is 11.3 Å². The highest BCUT2D eigenvalue weighted by Crippen LogP contribution is 2.43. The van der Waals surface area contributed by atoms with Crippen molar-refractivity contribution in [2.75, 3.05) is 0 Å². The first-order valence-corrected chi connectivity index (χ1v) is 8.40. The monoisotopic (exact) mass is 298 g/mol. The molecule has 2 aliphatic rings. The Morgan fingerprint density at radius 3 is 3.00 bits per heavy atom. The number of rotatable bonds is 3. The number of para-hydroxylation sites is 1. The van der Waals surface area contributed by atoms with Gasteiger partial charge in [0.1, 0.15) is 5.75 Å². The quantitative estimate of drug-likeness (QED) is 0.838. The van der Waals surface area contributed by atoms with E-state index in [1.165, 1.54) is 16.2 Å². The number of hydrazone groups is 1. The Kier molecular flexibility index (Phi) is 3.19. The zero-order chi connectivity index (χ0) is 14.2. The van der Waals surface area contributed by atoms with Crippen LogP contribution in [0.1, 0.15) is 42.7 Å². The fraction of sp³-hybridized carbons (Fsp3) is 0.353. The topological polar surface area (TPSA) is 24.8 Å². The fourth-order valence-electron chi connectivity index (χ4n) is 3.14.